The van der Waals surface area contributed by atoms with Crippen molar-refractivity contribution in [3.8, 4) is 5.69 Å². The molecule has 0 radical (unpaired) electrons. The molecule has 1 aliphatic rings. The van der Waals surface area contributed by atoms with Gasteiger partial charge in [0, 0.05) is 24.2 Å². The maximum Gasteiger partial charge on any atom is 0.258 e. The summed E-state index contributed by atoms with van der Waals surface area (Å²) in [4.78, 5) is 17.1. The lowest BCUT2D eigenvalue weighted by Crippen LogP contribution is -2.27. The van der Waals surface area contributed by atoms with Gasteiger partial charge in [-0.15, -0.1) is 0 Å². The van der Waals surface area contributed by atoms with Crippen molar-refractivity contribution in [2.75, 3.05) is 18.4 Å². The molecule has 1 aliphatic heterocycles. The summed E-state index contributed by atoms with van der Waals surface area (Å²) in [5.74, 6) is 0.418. The van der Waals surface area contributed by atoms with E-state index in [-0.39, 0.29) is 11.5 Å². The van der Waals surface area contributed by atoms with Crippen LogP contribution in [0.4, 0.5) is 10.3 Å². The lowest BCUT2D eigenvalue weighted by Gasteiger charge is -2.19. The van der Waals surface area contributed by atoms with E-state index < -0.39 is 11.7 Å². The van der Waals surface area contributed by atoms with E-state index in [9.17, 15) is 9.18 Å². The van der Waals surface area contributed by atoms with Crippen LogP contribution in [0.15, 0.2) is 24.3 Å². The van der Waals surface area contributed by atoms with Crippen molar-refractivity contribution in [3.63, 3.8) is 0 Å². The highest BCUT2D eigenvalue weighted by Crippen LogP contribution is 2.24. The number of carbonyl (C=O) groups is 1. The quantitative estimate of drug-likeness (QED) is 0.706. The summed E-state index contributed by atoms with van der Waals surface area (Å²) in [6, 6.07) is 6.22. The molecular formula is C20H24FN7O. The van der Waals surface area contributed by atoms with Gasteiger partial charge in [0.1, 0.15) is 11.5 Å². The van der Waals surface area contributed by atoms with Crippen LogP contribution in [-0.4, -0.2) is 43.5 Å². The number of anilines is 1. The molecule has 4 rings (SSSR count). The van der Waals surface area contributed by atoms with Crippen LogP contribution in [-0.2, 0) is 7.05 Å². The van der Waals surface area contributed by atoms with E-state index in [0.29, 0.717) is 11.6 Å². The molecule has 2 aromatic heterocycles. The fourth-order valence-corrected chi connectivity index (χ4v) is 3.63. The van der Waals surface area contributed by atoms with E-state index in [1.165, 1.54) is 10.7 Å². The first-order chi connectivity index (χ1) is 13.9. The molecule has 3 aromatic rings. The van der Waals surface area contributed by atoms with E-state index in [1.807, 2.05) is 19.9 Å². The van der Waals surface area contributed by atoms with E-state index in [4.69, 9.17) is 0 Å². The van der Waals surface area contributed by atoms with Gasteiger partial charge >= 0.3 is 0 Å². The van der Waals surface area contributed by atoms with Gasteiger partial charge in [0.2, 0.25) is 5.95 Å². The number of halogens is 1. The van der Waals surface area contributed by atoms with E-state index in [0.717, 1.165) is 43.1 Å². The number of hydrogen-bond donors (Lipinski definition) is 2. The molecule has 1 saturated heterocycles. The number of nitrogens with one attached hydrogen (secondary N) is 2. The van der Waals surface area contributed by atoms with Crippen molar-refractivity contribution < 1.29 is 9.18 Å². The average Bonchev–Trinajstić information content (AvgIpc) is 3.23. The van der Waals surface area contributed by atoms with Crippen LogP contribution in [0.3, 0.4) is 0 Å². The van der Waals surface area contributed by atoms with E-state index in [2.05, 4.69) is 25.8 Å². The van der Waals surface area contributed by atoms with Gasteiger partial charge in [-0.2, -0.15) is 15.2 Å². The molecule has 9 heteroatoms. The van der Waals surface area contributed by atoms with Crippen molar-refractivity contribution in [2.45, 2.75) is 32.6 Å². The van der Waals surface area contributed by atoms with Crippen LogP contribution >= 0.6 is 0 Å². The highest BCUT2D eigenvalue weighted by Gasteiger charge is 2.22. The Bertz CT molecular complexity index is 1050. The molecule has 0 atom stereocenters. The second-order valence-electron chi connectivity index (χ2n) is 7.40. The SMILES string of the molecule is Cc1cc(C)n(-c2ccc(C(=O)Nc3nc(C4CCNCC4)nn3C)cc2F)n1. The van der Waals surface area contributed by atoms with Gasteiger partial charge in [0.15, 0.2) is 5.82 Å². The zero-order chi connectivity index (χ0) is 20.5. The second kappa shape index (κ2) is 7.75. The third-order valence-corrected chi connectivity index (χ3v) is 5.16. The summed E-state index contributed by atoms with van der Waals surface area (Å²) in [7, 11) is 1.74. The largest absolute Gasteiger partial charge is 0.317 e. The van der Waals surface area contributed by atoms with Crippen molar-refractivity contribution in [2.24, 2.45) is 7.05 Å². The van der Waals surface area contributed by atoms with Gasteiger partial charge in [-0.1, -0.05) is 0 Å². The molecule has 0 saturated carbocycles. The Kier molecular flexibility index (Phi) is 5.14. The van der Waals surface area contributed by atoms with Crippen LogP contribution in [0.25, 0.3) is 5.69 Å². The van der Waals surface area contributed by atoms with Crippen molar-refractivity contribution >= 4 is 11.9 Å². The number of nitrogens with zero attached hydrogens (tertiary/aromatic N) is 5. The summed E-state index contributed by atoms with van der Waals surface area (Å²) < 4.78 is 17.8. The fourth-order valence-electron chi connectivity index (χ4n) is 3.63. The third-order valence-electron chi connectivity index (χ3n) is 5.16. The summed E-state index contributed by atoms with van der Waals surface area (Å²) in [6.45, 7) is 5.58. The highest BCUT2D eigenvalue weighted by molar-refractivity contribution is 6.03. The number of carbonyl (C=O) groups excluding carboxylic acids is 1. The van der Waals surface area contributed by atoms with Crippen LogP contribution in [0.2, 0.25) is 0 Å². The van der Waals surface area contributed by atoms with E-state index in [1.54, 1.807) is 23.9 Å². The van der Waals surface area contributed by atoms with Crippen molar-refractivity contribution in [1.29, 1.82) is 0 Å². The molecule has 1 fully saturated rings. The molecule has 1 amide bonds. The minimum Gasteiger partial charge on any atom is -0.317 e. The first kappa shape index (κ1) is 19.3. The van der Waals surface area contributed by atoms with Gasteiger partial charge in [-0.3, -0.25) is 10.1 Å². The summed E-state index contributed by atoms with van der Waals surface area (Å²) in [6.07, 6.45) is 1.94. The average molecular weight is 397 g/mol. The van der Waals surface area contributed by atoms with Gasteiger partial charge < -0.3 is 5.32 Å². The molecule has 0 aliphatic carbocycles. The predicted molar refractivity (Wildman–Crippen MR) is 107 cm³/mol. The van der Waals surface area contributed by atoms with Crippen LogP contribution in [0.5, 0.6) is 0 Å². The molecule has 2 N–H and O–H groups in total. The second-order valence-corrected chi connectivity index (χ2v) is 7.40. The summed E-state index contributed by atoms with van der Waals surface area (Å²) in [5.41, 5.74) is 2.14. The zero-order valence-corrected chi connectivity index (χ0v) is 16.7. The lowest BCUT2D eigenvalue weighted by molar-refractivity contribution is 0.102. The number of rotatable bonds is 4. The van der Waals surface area contributed by atoms with Crippen molar-refractivity contribution in [3.05, 3.63) is 52.9 Å². The summed E-state index contributed by atoms with van der Waals surface area (Å²) >= 11 is 0. The van der Waals surface area contributed by atoms with Gasteiger partial charge in [0.05, 0.1) is 5.69 Å². The Hall–Kier alpha value is -3.07. The number of aryl methyl sites for hydroxylation is 3. The molecule has 0 unspecified atom stereocenters. The first-order valence-electron chi connectivity index (χ1n) is 9.68. The monoisotopic (exact) mass is 397 g/mol. The Morgan fingerprint density at radius 1 is 1.21 bits per heavy atom. The zero-order valence-electron chi connectivity index (χ0n) is 16.7. The van der Waals surface area contributed by atoms with Crippen molar-refractivity contribution in [1.82, 2.24) is 29.9 Å². The minimum absolute atomic E-state index is 0.208. The topological polar surface area (TPSA) is 89.7 Å². The molecule has 8 nitrogen and oxygen atoms in total. The van der Waals surface area contributed by atoms with Gasteiger partial charge in [-0.05, 0) is 64.0 Å². The number of aromatic nitrogens is 5. The standard InChI is InChI=1S/C20H24FN7O/c1-12-10-13(2)28(25-12)17-5-4-15(11-16(17)21)19(29)24-20-23-18(26-27(20)3)14-6-8-22-9-7-14/h4-5,10-11,14,22H,6-9H2,1-3H3,(H,23,24,26,29). The lowest BCUT2D eigenvalue weighted by atomic mass is 9.98. The maximum absolute atomic E-state index is 14.7. The Morgan fingerprint density at radius 3 is 2.62 bits per heavy atom. The smallest absolute Gasteiger partial charge is 0.258 e. The maximum atomic E-state index is 14.7. The van der Waals surface area contributed by atoms with Gasteiger partial charge in [0.25, 0.3) is 5.91 Å². The molecule has 152 valence electrons. The van der Waals surface area contributed by atoms with Crippen LogP contribution < -0.4 is 10.6 Å². The van der Waals surface area contributed by atoms with E-state index >= 15 is 0 Å². The predicted octanol–water partition coefficient (Wildman–Crippen LogP) is 2.48. The Labute approximate surface area is 168 Å². The Morgan fingerprint density at radius 2 is 1.97 bits per heavy atom. The molecular weight excluding hydrogens is 373 g/mol. The normalized spacial score (nSPS) is 14.9. The Balaban J connectivity index is 1.52. The first-order valence-corrected chi connectivity index (χ1v) is 9.68. The highest BCUT2D eigenvalue weighted by atomic mass is 19.1. The molecule has 0 bridgehead atoms. The number of hydrogen-bond acceptors (Lipinski definition) is 5. The molecule has 1 aromatic carbocycles. The molecule has 3 heterocycles. The molecule has 29 heavy (non-hydrogen) atoms. The fraction of sp³-hybridized carbons (Fsp3) is 0.400. The molecule has 0 spiro atoms. The third kappa shape index (κ3) is 3.91. The van der Waals surface area contributed by atoms with Gasteiger partial charge in [-0.25, -0.2) is 13.8 Å². The number of amides is 1. The number of piperidine rings is 1. The number of benzene rings is 1. The van der Waals surface area contributed by atoms with Crippen LogP contribution in [0, 0.1) is 19.7 Å². The van der Waals surface area contributed by atoms with Crippen LogP contribution in [0.1, 0.15) is 46.3 Å². The minimum atomic E-state index is -0.516. The summed E-state index contributed by atoms with van der Waals surface area (Å²) in [5, 5.41) is 14.8.